The van der Waals surface area contributed by atoms with Crippen LogP contribution in [-0.2, 0) is 11.0 Å². The van der Waals surface area contributed by atoms with Crippen LogP contribution in [0.5, 0.6) is 5.75 Å². The molecule has 4 rings (SSSR count). The molecule has 0 radical (unpaired) electrons. The van der Waals surface area contributed by atoms with Crippen molar-refractivity contribution in [3.05, 3.63) is 105 Å². The lowest BCUT2D eigenvalue weighted by Crippen LogP contribution is -2.16. The summed E-state index contributed by atoms with van der Waals surface area (Å²) in [4.78, 5) is 25.5. The van der Waals surface area contributed by atoms with Crippen LogP contribution < -0.4 is 10.2 Å². The van der Waals surface area contributed by atoms with E-state index in [9.17, 15) is 28.0 Å². The first-order valence-corrected chi connectivity index (χ1v) is 10.4. The first-order chi connectivity index (χ1) is 16.7. The van der Waals surface area contributed by atoms with Gasteiger partial charge in [0, 0.05) is 11.1 Å². The Morgan fingerprint density at radius 2 is 1.71 bits per heavy atom. The lowest BCUT2D eigenvalue weighted by atomic mass is 10.0. The van der Waals surface area contributed by atoms with Gasteiger partial charge in [-0.15, -0.1) is 0 Å². The molecule has 0 aliphatic carbocycles. The Labute approximate surface area is 201 Å². The number of ether oxygens (including phenoxy) is 1. The maximum atomic E-state index is 13.8. The third kappa shape index (κ3) is 5.10. The fourth-order valence-electron chi connectivity index (χ4n) is 3.33. The molecule has 0 aliphatic rings. The summed E-state index contributed by atoms with van der Waals surface area (Å²) in [6.45, 7) is 0. The number of fused-ring (bicyclic) bond motifs is 1. The average Bonchev–Trinajstić information content (AvgIpc) is 2.83. The summed E-state index contributed by atoms with van der Waals surface area (Å²) in [6.07, 6.45) is -3.68. The van der Waals surface area contributed by atoms with Crippen molar-refractivity contribution < 1.29 is 27.1 Å². The molecule has 174 valence electrons. The van der Waals surface area contributed by atoms with Gasteiger partial charge in [-0.3, -0.25) is 4.79 Å². The maximum Gasteiger partial charge on any atom is 0.450 e. The summed E-state index contributed by atoms with van der Waals surface area (Å²) in [5, 5.41) is 9.45. The van der Waals surface area contributed by atoms with Crippen LogP contribution in [0.1, 0.15) is 11.3 Å². The molecule has 0 amide bonds. The van der Waals surface area contributed by atoms with E-state index in [0.717, 1.165) is 6.07 Å². The Balaban J connectivity index is 1.76. The van der Waals surface area contributed by atoms with Crippen molar-refractivity contribution in [3.8, 4) is 22.9 Å². The third-order valence-electron chi connectivity index (χ3n) is 4.92. The lowest BCUT2D eigenvalue weighted by molar-refractivity contribution is -0.152. The molecule has 0 aliphatic heterocycles. The van der Waals surface area contributed by atoms with Gasteiger partial charge in [-0.1, -0.05) is 54.1 Å². The van der Waals surface area contributed by atoms with Crippen molar-refractivity contribution in [2.75, 3.05) is 0 Å². The van der Waals surface area contributed by atoms with Gasteiger partial charge >= 0.3 is 12.1 Å². The second-order valence-corrected chi connectivity index (χ2v) is 7.70. The van der Waals surface area contributed by atoms with Crippen LogP contribution in [0, 0.1) is 11.3 Å². The van der Waals surface area contributed by atoms with E-state index in [1.807, 2.05) is 0 Å². The zero-order chi connectivity index (χ0) is 25.2. The van der Waals surface area contributed by atoms with Crippen LogP contribution in [0.15, 0.2) is 87.6 Å². The van der Waals surface area contributed by atoms with Crippen molar-refractivity contribution in [3.63, 3.8) is 0 Å². The minimum absolute atomic E-state index is 0.0161. The first kappa shape index (κ1) is 23.8. The number of carbonyl (C=O) groups excluding carboxylic acids is 1. The molecule has 3 aromatic carbocycles. The smallest absolute Gasteiger partial charge is 0.450 e. The zero-order valence-corrected chi connectivity index (χ0v) is 18.4. The second-order valence-electron chi connectivity index (χ2n) is 7.27. The highest BCUT2D eigenvalue weighted by Crippen LogP contribution is 2.38. The van der Waals surface area contributed by atoms with Crippen molar-refractivity contribution in [2.45, 2.75) is 6.18 Å². The number of halogens is 4. The van der Waals surface area contributed by atoms with Gasteiger partial charge in [0.1, 0.15) is 23.0 Å². The van der Waals surface area contributed by atoms with Crippen LogP contribution in [0.25, 0.3) is 28.2 Å². The van der Waals surface area contributed by atoms with Gasteiger partial charge in [-0.05, 0) is 41.5 Å². The average molecular weight is 496 g/mol. The number of rotatable bonds is 4. The first-order valence-electron chi connectivity index (χ1n) is 10.0. The Morgan fingerprint density at radius 3 is 2.34 bits per heavy atom. The monoisotopic (exact) mass is 495 g/mol. The molecule has 0 unspecified atom stereocenters. The van der Waals surface area contributed by atoms with Crippen LogP contribution in [0.2, 0.25) is 5.02 Å². The highest BCUT2D eigenvalue weighted by atomic mass is 35.5. The Morgan fingerprint density at radius 1 is 1.03 bits per heavy atom. The summed E-state index contributed by atoms with van der Waals surface area (Å²) in [6, 6.07) is 19.0. The molecule has 9 heteroatoms. The highest BCUT2D eigenvalue weighted by molar-refractivity contribution is 6.30. The number of nitriles is 1. The fourth-order valence-corrected chi connectivity index (χ4v) is 3.46. The summed E-state index contributed by atoms with van der Waals surface area (Å²) in [7, 11) is 0. The molecule has 0 fully saturated rings. The summed E-state index contributed by atoms with van der Waals surface area (Å²) < 4.78 is 51.7. The summed E-state index contributed by atoms with van der Waals surface area (Å²) in [5.41, 5.74) is -1.78. The Hall–Kier alpha value is -4.35. The van der Waals surface area contributed by atoms with Crippen LogP contribution >= 0.6 is 11.6 Å². The minimum atomic E-state index is -4.98. The predicted octanol–water partition coefficient (Wildman–Crippen LogP) is 6.64. The van der Waals surface area contributed by atoms with E-state index in [2.05, 4.69) is 0 Å². The molecular formula is C26H13ClF3NO4. The van der Waals surface area contributed by atoms with E-state index < -0.39 is 34.5 Å². The number of carbonyl (C=O) groups is 1. The van der Waals surface area contributed by atoms with Crippen molar-refractivity contribution >= 4 is 34.6 Å². The van der Waals surface area contributed by atoms with Gasteiger partial charge in [0.2, 0.25) is 11.2 Å². The van der Waals surface area contributed by atoms with E-state index in [4.69, 9.17) is 20.8 Å². The van der Waals surface area contributed by atoms with E-state index in [0.29, 0.717) is 5.56 Å². The normalized spacial score (nSPS) is 11.8. The van der Waals surface area contributed by atoms with Crippen molar-refractivity contribution in [1.82, 2.24) is 0 Å². The van der Waals surface area contributed by atoms with Crippen LogP contribution in [-0.4, -0.2) is 5.97 Å². The minimum Gasteiger partial charge on any atom is -0.450 e. The molecule has 5 nitrogen and oxygen atoms in total. The zero-order valence-electron chi connectivity index (χ0n) is 17.6. The highest BCUT2D eigenvalue weighted by Gasteiger charge is 2.39. The largest absolute Gasteiger partial charge is 0.450 e. The molecule has 0 saturated carbocycles. The van der Waals surface area contributed by atoms with Gasteiger partial charge in [0.05, 0.1) is 10.9 Å². The van der Waals surface area contributed by atoms with E-state index >= 15 is 0 Å². The number of esters is 1. The predicted molar refractivity (Wildman–Crippen MR) is 124 cm³/mol. The van der Waals surface area contributed by atoms with E-state index in [1.54, 1.807) is 36.4 Å². The van der Waals surface area contributed by atoms with Gasteiger partial charge in [-0.25, -0.2) is 4.79 Å². The lowest BCUT2D eigenvalue weighted by Gasteiger charge is -2.13. The summed E-state index contributed by atoms with van der Waals surface area (Å²) in [5.74, 6) is -2.72. The standard InChI is InChI=1S/C26H13ClF3NO4/c27-18-8-6-16(7-9-18)22-23(32)20-11-10-19(13-21(20)35-24(22)26(28,29)30)34-25(33)17(14-31)12-15-4-2-1-3-5-15/h1-13H/b17-12+. The molecular weight excluding hydrogens is 483 g/mol. The molecule has 1 aromatic heterocycles. The molecule has 0 atom stereocenters. The molecule has 0 bridgehead atoms. The van der Waals surface area contributed by atoms with Gasteiger partial charge in [0.15, 0.2) is 0 Å². The van der Waals surface area contributed by atoms with Crippen LogP contribution in [0.3, 0.4) is 0 Å². The quantitative estimate of drug-likeness (QED) is 0.137. The fraction of sp³-hybridized carbons (Fsp3) is 0.0385. The van der Waals surface area contributed by atoms with Gasteiger partial charge < -0.3 is 9.15 Å². The Kier molecular flexibility index (Phi) is 6.45. The molecule has 0 spiro atoms. The molecule has 0 saturated heterocycles. The number of alkyl halides is 3. The van der Waals surface area contributed by atoms with Crippen molar-refractivity contribution in [2.24, 2.45) is 0 Å². The Bertz CT molecular complexity index is 1550. The topological polar surface area (TPSA) is 80.3 Å². The second kappa shape index (κ2) is 9.49. The number of hydrogen-bond acceptors (Lipinski definition) is 5. The number of nitrogens with zero attached hydrogens (tertiary/aromatic N) is 1. The molecule has 35 heavy (non-hydrogen) atoms. The number of benzene rings is 3. The van der Waals surface area contributed by atoms with Gasteiger partial charge in [0.25, 0.3) is 0 Å². The maximum absolute atomic E-state index is 13.8. The molecule has 1 heterocycles. The molecule has 4 aromatic rings. The summed E-state index contributed by atoms with van der Waals surface area (Å²) >= 11 is 5.81. The number of hydrogen-bond donors (Lipinski definition) is 0. The van der Waals surface area contributed by atoms with E-state index in [-0.39, 0.29) is 27.3 Å². The SMILES string of the molecule is N#C/C(=C\c1ccccc1)C(=O)Oc1ccc2c(=O)c(-c3ccc(Cl)cc3)c(C(F)(F)F)oc2c1. The van der Waals surface area contributed by atoms with E-state index in [1.165, 1.54) is 42.5 Å². The third-order valence-corrected chi connectivity index (χ3v) is 5.17. The van der Waals surface area contributed by atoms with Crippen molar-refractivity contribution in [1.29, 1.82) is 5.26 Å². The van der Waals surface area contributed by atoms with Gasteiger partial charge in [-0.2, -0.15) is 18.4 Å². The van der Waals surface area contributed by atoms with Crippen LogP contribution in [0.4, 0.5) is 13.2 Å². The molecule has 0 N–H and O–H groups in total.